The van der Waals surface area contributed by atoms with Gasteiger partial charge in [-0.25, -0.2) is 9.18 Å². The summed E-state index contributed by atoms with van der Waals surface area (Å²) in [5.41, 5.74) is 1.55. The van der Waals surface area contributed by atoms with E-state index in [2.05, 4.69) is 10.4 Å². The zero-order chi connectivity index (χ0) is 18.0. The number of nitro benzene ring substituents is 1. The van der Waals surface area contributed by atoms with Crippen LogP contribution in [0.5, 0.6) is 0 Å². The van der Waals surface area contributed by atoms with E-state index < -0.39 is 10.6 Å². The van der Waals surface area contributed by atoms with Gasteiger partial charge in [-0.05, 0) is 46.7 Å². The van der Waals surface area contributed by atoms with Crippen LogP contribution in [0, 0.1) is 22.9 Å². The number of aryl methyl sites for hydroxylation is 1. The lowest BCUT2D eigenvalue weighted by molar-refractivity contribution is -0.385. The van der Waals surface area contributed by atoms with Crippen molar-refractivity contribution in [2.45, 2.75) is 20.0 Å². The average molecular weight is 343 g/mol. The van der Waals surface area contributed by atoms with Gasteiger partial charge in [0.05, 0.1) is 18.0 Å². The van der Waals surface area contributed by atoms with Crippen molar-refractivity contribution in [3.05, 3.63) is 85.6 Å². The van der Waals surface area contributed by atoms with E-state index in [1.54, 1.807) is 31.2 Å². The van der Waals surface area contributed by atoms with Crippen LogP contribution in [0.4, 0.5) is 10.1 Å². The van der Waals surface area contributed by atoms with Crippen molar-refractivity contribution in [1.29, 1.82) is 0 Å². The first-order valence-electron chi connectivity index (χ1n) is 7.43. The number of nitrogens with zero attached hydrogens (tertiary/aromatic N) is 5. The standard InChI is InChI=1S/C16H14FN5O3/c1-11-8-13(4-7-15(11)22(24)25)10-21-16(23)20(18-19-21)9-12-2-5-14(17)6-3-12/h2-8H,9-10H2,1H3. The number of halogens is 1. The molecular weight excluding hydrogens is 329 g/mol. The van der Waals surface area contributed by atoms with Crippen LogP contribution >= 0.6 is 0 Å². The quantitative estimate of drug-likeness (QED) is 0.521. The van der Waals surface area contributed by atoms with Crippen molar-refractivity contribution in [3.63, 3.8) is 0 Å². The topological polar surface area (TPSA) is 95.8 Å². The number of tetrazole rings is 1. The fraction of sp³-hybridized carbons (Fsp3) is 0.188. The Labute approximate surface area is 141 Å². The van der Waals surface area contributed by atoms with E-state index in [0.717, 1.165) is 5.56 Å². The highest BCUT2D eigenvalue weighted by atomic mass is 19.1. The molecule has 0 aliphatic rings. The van der Waals surface area contributed by atoms with Gasteiger partial charge in [-0.2, -0.15) is 9.36 Å². The molecule has 0 atom stereocenters. The molecule has 0 unspecified atom stereocenters. The second-order valence-corrected chi connectivity index (χ2v) is 5.58. The maximum absolute atomic E-state index is 12.9. The van der Waals surface area contributed by atoms with Crippen molar-refractivity contribution in [3.8, 4) is 0 Å². The lowest BCUT2D eigenvalue weighted by Crippen LogP contribution is -2.26. The second-order valence-electron chi connectivity index (χ2n) is 5.58. The molecular formula is C16H14FN5O3. The first-order chi connectivity index (χ1) is 11.9. The van der Waals surface area contributed by atoms with Crippen molar-refractivity contribution >= 4 is 5.69 Å². The summed E-state index contributed by atoms with van der Waals surface area (Å²) in [6.07, 6.45) is 0. The van der Waals surface area contributed by atoms with E-state index in [-0.39, 0.29) is 24.6 Å². The molecule has 25 heavy (non-hydrogen) atoms. The lowest BCUT2D eigenvalue weighted by atomic mass is 10.1. The van der Waals surface area contributed by atoms with E-state index >= 15 is 0 Å². The van der Waals surface area contributed by atoms with E-state index in [4.69, 9.17) is 0 Å². The largest absolute Gasteiger partial charge is 0.364 e. The molecule has 0 N–H and O–H groups in total. The number of aromatic nitrogens is 4. The first-order valence-corrected chi connectivity index (χ1v) is 7.43. The maximum atomic E-state index is 12.9. The van der Waals surface area contributed by atoms with Crippen LogP contribution in [0.1, 0.15) is 16.7 Å². The normalized spacial score (nSPS) is 10.8. The monoisotopic (exact) mass is 343 g/mol. The SMILES string of the molecule is Cc1cc(Cn2nnn(Cc3ccc(F)cc3)c2=O)ccc1[N+](=O)[O-]. The number of hydrogen-bond donors (Lipinski definition) is 0. The number of nitro groups is 1. The Morgan fingerprint density at radius 2 is 1.60 bits per heavy atom. The highest BCUT2D eigenvalue weighted by molar-refractivity contribution is 5.41. The second kappa shape index (κ2) is 6.63. The fourth-order valence-electron chi connectivity index (χ4n) is 2.46. The van der Waals surface area contributed by atoms with Gasteiger partial charge in [-0.1, -0.05) is 18.2 Å². The Hall–Kier alpha value is -3.36. The molecule has 0 spiro atoms. The summed E-state index contributed by atoms with van der Waals surface area (Å²) in [5, 5.41) is 18.5. The van der Waals surface area contributed by atoms with Gasteiger partial charge in [0.15, 0.2) is 0 Å². The average Bonchev–Trinajstić information content (AvgIpc) is 2.90. The predicted molar refractivity (Wildman–Crippen MR) is 86.7 cm³/mol. The van der Waals surface area contributed by atoms with Crippen LogP contribution in [0.2, 0.25) is 0 Å². The fourth-order valence-corrected chi connectivity index (χ4v) is 2.46. The Bertz CT molecular complexity index is 978. The summed E-state index contributed by atoms with van der Waals surface area (Å²) >= 11 is 0. The van der Waals surface area contributed by atoms with Gasteiger partial charge in [-0.15, -0.1) is 0 Å². The molecule has 128 valence electrons. The van der Waals surface area contributed by atoms with E-state index in [1.165, 1.54) is 27.6 Å². The third-order valence-electron chi connectivity index (χ3n) is 3.73. The Balaban J connectivity index is 1.79. The lowest BCUT2D eigenvalue weighted by Gasteiger charge is -2.02. The van der Waals surface area contributed by atoms with Crippen molar-refractivity contribution in [2.24, 2.45) is 0 Å². The summed E-state index contributed by atoms with van der Waals surface area (Å²) in [4.78, 5) is 22.7. The molecule has 0 amide bonds. The zero-order valence-electron chi connectivity index (χ0n) is 13.3. The van der Waals surface area contributed by atoms with Gasteiger partial charge >= 0.3 is 5.69 Å². The molecule has 0 radical (unpaired) electrons. The highest BCUT2D eigenvalue weighted by Crippen LogP contribution is 2.18. The molecule has 1 heterocycles. The van der Waals surface area contributed by atoms with Gasteiger partial charge < -0.3 is 0 Å². The third kappa shape index (κ3) is 3.60. The number of hydrogen-bond acceptors (Lipinski definition) is 5. The van der Waals surface area contributed by atoms with Crippen molar-refractivity contribution in [1.82, 2.24) is 19.8 Å². The maximum Gasteiger partial charge on any atom is 0.364 e. The molecule has 0 aliphatic carbocycles. The smallest absolute Gasteiger partial charge is 0.258 e. The molecule has 0 saturated heterocycles. The van der Waals surface area contributed by atoms with Gasteiger partial charge in [0.25, 0.3) is 5.69 Å². The highest BCUT2D eigenvalue weighted by Gasteiger charge is 2.12. The predicted octanol–water partition coefficient (Wildman–Crippen LogP) is 1.89. The molecule has 0 aliphatic heterocycles. The molecule has 3 rings (SSSR count). The molecule has 0 saturated carbocycles. The molecule has 9 heteroatoms. The van der Waals surface area contributed by atoms with Gasteiger partial charge in [0.2, 0.25) is 0 Å². The summed E-state index contributed by atoms with van der Waals surface area (Å²) in [7, 11) is 0. The number of rotatable bonds is 5. The van der Waals surface area contributed by atoms with Crippen LogP contribution in [0.3, 0.4) is 0 Å². The van der Waals surface area contributed by atoms with E-state index in [0.29, 0.717) is 11.1 Å². The molecule has 8 nitrogen and oxygen atoms in total. The number of benzene rings is 2. The Morgan fingerprint density at radius 3 is 2.16 bits per heavy atom. The molecule has 2 aromatic carbocycles. The van der Waals surface area contributed by atoms with Crippen LogP contribution in [0.15, 0.2) is 47.3 Å². The summed E-state index contributed by atoms with van der Waals surface area (Å²) in [6, 6.07) is 10.4. The van der Waals surface area contributed by atoms with Crippen molar-refractivity contribution < 1.29 is 9.31 Å². The minimum absolute atomic E-state index is 0.0241. The Morgan fingerprint density at radius 1 is 1.04 bits per heavy atom. The minimum Gasteiger partial charge on any atom is -0.258 e. The molecule has 1 aromatic heterocycles. The van der Waals surface area contributed by atoms with Gasteiger partial charge in [-0.3, -0.25) is 10.1 Å². The minimum atomic E-state index is -0.454. The van der Waals surface area contributed by atoms with Gasteiger partial charge in [0, 0.05) is 11.6 Å². The third-order valence-corrected chi connectivity index (χ3v) is 3.73. The summed E-state index contributed by atoms with van der Waals surface area (Å²) in [6.45, 7) is 1.97. The van der Waals surface area contributed by atoms with Crippen LogP contribution < -0.4 is 5.69 Å². The van der Waals surface area contributed by atoms with Crippen LogP contribution in [-0.4, -0.2) is 24.7 Å². The van der Waals surface area contributed by atoms with Gasteiger partial charge in [0.1, 0.15) is 5.82 Å². The molecule has 3 aromatic rings. The van der Waals surface area contributed by atoms with Crippen LogP contribution in [-0.2, 0) is 13.1 Å². The van der Waals surface area contributed by atoms with E-state index in [9.17, 15) is 19.3 Å². The molecule has 0 fully saturated rings. The van der Waals surface area contributed by atoms with E-state index in [1.807, 2.05) is 0 Å². The summed E-state index contributed by atoms with van der Waals surface area (Å²) < 4.78 is 15.3. The zero-order valence-corrected chi connectivity index (χ0v) is 13.3. The Kier molecular flexibility index (Phi) is 4.38. The van der Waals surface area contributed by atoms with Crippen molar-refractivity contribution in [2.75, 3.05) is 0 Å². The first kappa shape index (κ1) is 16.5. The van der Waals surface area contributed by atoms with Crippen LogP contribution in [0.25, 0.3) is 0 Å². The molecule has 0 bridgehead atoms. The summed E-state index contributed by atoms with van der Waals surface area (Å²) in [5.74, 6) is -0.353.